The second-order valence-electron chi connectivity index (χ2n) is 7.65. The van der Waals surface area contributed by atoms with E-state index in [2.05, 4.69) is 25.2 Å². The molecule has 1 atom stereocenters. The largest absolute Gasteiger partial charge is 0.334 e. The highest BCUT2D eigenvalue weighted by Gasteiger charge is 2.25. The van der Waals surface area contributed by atoms with Gasteiger partial charge in [-0.05, 0) is 49.5 Å². The number of amides is 1. The number of fused-ring (bicyclic) bond motifs is 1. The van der Waals surface area contributed by atoms with Gasteiger partial charge in [0.1, 0.15) is 11.1 Å². The molecule has 0 spiro atoms. The first-order valence-corrected chi connectivity index (χ1v) is 10.1. The van der Waals surface area contributed by atoms with E-state index >= 15 is 0 Å². The summed E-state index contributed by atoms with van der Waals surface area (Å²) in [4.78, 5) is 15.2. The molecular weight excluding hydrogens is 318 g/mol. The van der Waals surface area contributed by atoms with Gasteiger partial charge in [0.2, 0.25) is 5.91 Å². The molecule has 2 heterocycles. The van der Waals surface area contributed by atoms with Crippen LogP contribution in [0.25, 0.3) is 0 Å². The molecule has 1 aromatic heterocycles. The number of rotatable bonds is 4. The summed E-state index contributed by atoms with van der Waals surface area (Å²) in [5.74, 6) is 1.57. The number of thiophene rings is 1. The predicted molar refractivity (Wildman–Crippen MR) is 97.4 cm³/mol. The number of nitrogens with zero attached hydrogens (tertiary/aromatic N) is 1. The fourth-order valence-electron chi connectivity index (χ4n) is 3.86. The number of anilines is 1. The van der Waals surface area contributed by atoms with Crippen molar-refractivity contribution in [3.05, 3.63) is 16.0 Å². The van der Waals surface area contributed by atoms with Crippen LogP contribution in [0.1, 0.15) is 55.5 Å². The summed E-state index contributed by atoms with van der Waals surface area (Å²) in [6, 6.07) is 2.32. The van der Waals surface area contributed by atoms with E-state index in [9.17, 15) is 10.1 Å². The normalized spacial score (nSPS) is 26.5. The standard InChI is InChI=1S/C19H27N3OS/c1-13-5-8-22(9-6-13)10-7-18(23)21-19-16(12-20)15-4-3-14(2)11-17(15)24-19/h13-14H,3-11H2,1-2H3,(H,21,23)/p+1/t14-/m1/s1. The fourth-order valence-corrected chi connectivity index (χ4v) is 5.23. The van der Waals surface area contributed by atoms with Crippen LogP contribution in [0.4, 0.5) is 5.00 Å². The van der Waals surface area contributed by atoms with E-state index in [0.29, 0.717) is 12.3 Å². The number of quaternary nitrogens is 1. The minimum atomic E-state index is 0.0595. The zero-order valence-electron chi connectivity index (χ0n) is 14.8. The Labute approximate surface area is 148 Å². The van der Waals surface area contributed by atoms with Crippen LogP contribution in [0.3, 0.4) is 0 Å². The number of hydrogen-bond donors (Lipinski definition) is 2. The Bertz CT molecular complexity index is 638. The molecule has 0 bridgehead atoms. The van der Waals surface area contributed by atoms with Crippen LogP contribution in [0, 0.1) is 23.2 Å². The van der Waals surface area contributed by atoms with E-state index in [1.54, 1.807) is 16.2 Å². The second-order valence-corrected chi connectivity index (χ2v) is 8.75. The van der Waals surface area contributed by atoms with Crippen molar-refractivity contribution in [3.63, 3.8) is 0 Å². The summed E-state index contributed by atoms with van der Waals surface area (Å²) in [5, 5.41) is 13.3. The minimum Gasteiger partial charge on any atom is -0.334 e. The van der Waals surface area contributed by atoms with Crippen LogP contribution in [0.2, 0.25) is 0 Å². The summed E-state index contributed by atoms with van der Waals surface area (Å²) in [7, 11) is 0. The summed E-state index contributed by atoms with van der Waals surface area (Å²) >= 11 is 1.62. The molecule has 130 valence electrons. The van der Waals surface area contributed by atoms with Crippen LogP contribution in [-0.4, -0.2) is 25.5 Å². The first kappa shape index (κ1) is 17.4. The van der Waals surface area contributed by atoms with Crippen molar-refractivity contribution in [1.29, 1.82) is 5.26 Å². The van der Waals surface area contributed by atoms with Crippen molar-refractivity contribution in [2.75, 3.05) is 25.0 Å². The van der Waals surface area contributed by atoms with Crippen LogP contribution < -0.4 is 10.2 Å². The Balaban J connectivity index is 1.57. The summed E-state index contributed by atoms with van der Waals surface area (Å²) in [6.45, 7) is 7.84. The number of likely N-dealkylation sites (tertiary alicyclic amines) is 1. The second kappa shape index (κ2) is 7.67. The lowest BCUT2D eigenvalue weighted by molar-refractivity contribution is -0.905. The Morgan fingerprint density at radius 1 is 1.29 bits per heavy atom. The highest BCUT2D eigenvalue weighted by Crippen LogP contribution is 2.39. The van der Waals surface area contributed by atoms with Gasteiger partial charge in [-0.15, -0.1) is 11.3 Å². The summed E-state index contributed by atoms with van der Waals surface area (Å²) < 4.78 is 0. The molecule has 1 amide bonds. The van der Waals surface area contributed by atoms with Crippen LogP contribution in [-0.2, 0) is 17.6 Å². The zero-order valence-corrected chi connectivity index (χ0v) is 15.6. The molecule has 2 aliphatic rings. The van der Waals surface area contributed by atoms with Crippen molar-refractivity contribution in [2.24, 2.45) is 11.8 Å². The maximum atomic E-state index is 12.3. The number of carbonyl (C=O) groups excluding carboxylic acids is 1. The number of carbonyl (C=O) groups is 1. The van der Waals surface area contributed by atoms with Crippen LogP contribution >= 0.6 is 11.3 Å². The van der Waals surface area contributed by atoms with Gasteiger partial charge in [-0.1, -0.05) is 13.8 Å². The molecule has 1 fully saturated rings. The molecule has 1 aliphatic carbocycles. The minimum absolute atomic E-state index is 0.0595. The van der Waals surface area contributed by atoms with E-state index in [0.717, 1.165) is 42.3 Å². The van der Waals surface area contributed by atoms with Crippen molar-refractivity contribution in [1.82, 2.24) is 0 Å². The third-order valence-corrected chi connectivity index (χ3v) is 6.73. The average Bonchev–Trinajstić information content (AvgIpc) is 2.90. The monoisotopic (exact) mass is 346 g/mol. The van der Waals surface area contributed by atoms with Crippen molar-refractivity contribution in [2.45, 2.75) is 52.4 Å². The molecular formula is C19H28N3OS+. The number of nitriles is 1. The maximum absolute atomic E-state index is 12.3. The van der Waals surface area contributed by atoms with E-state index < -0.39 is 0 Å². The van der Waals surface area contributed by atoms with Gasteiger partial charge in [0.25, 0.3) is 0 Å². The van der Waals surface area contributed by atoms with Crippen molar-refractivity contribution >= 4 is 22.2 Å². The molecule has 3 rings (SSSR count). The Morgan fingerprint density at radius 2 is 2.04 bits per heavy atom. The van der Waals surface area contributed by atoms with E-state index in [4.69, 9.17) is 0 Å². The number of piperidine rings is 1. The first-order chi connectivity index (χ1) is 11.6. The van der Waals surface area contributed by atoms with Gasteiger partial charge in [0.15, 0.2) is 0 Å². The van der Waals surface area contributed by atoms with Gasteiger partial charge in [0.05, 0.1) is 31.6 Å². The lowest BCUT2D eigenvalue weighted by atomic mass is 9.89. The lowest BCUT2D eigenvalue weighted by Crippen LogP contribution is -3.13. The lowest BCUT2D eigenvalue weighted by Gasteiger charge is -2.27. The van der Waals surface area contributed by atoms with E-state index in [-0.39, 0.29) is 5.91 Å². The Kier molecular flexibility index (Phi) is 5.57. The molecule has 0 radical (unpaired) electrons. The molecule has 1 aromatic rings. The van der Waals surface area contributed by atoms with Gasteiger partial charge in [-0.3, -0.25) is 4.79 Å². The highest BCUT2D eigenvalue weighted by atomic mass is 32.1. The highest BCUT2D eigenvalue weighted by molar-refractivity contribution is 7.16. The van der Waals surface area contributed by atoms with Crippen LogP contribution in [0.5, 0.6) is 0 Å². The Hall–Kier alpha value is -1.38. The predicted octanol–water partition coefficient (Wildman–Crippen LogP) is 2.39. The molecule has 5 heteroatoms. The molecule has 4 nitrogen and oxygen atoms in total. The smallest absolute Gasteiger partial charge is 0.230 e. The average molecular weight is 347 g/mol. The quantitative estimate of drug-likeness (QED) is 0.879. The molecule has 0 saturated carbocycles. The maximum Gasteiger partial charge on any atom is 0.230 e. The van der Waals surface area contributed by atoms with Gasteiger partial charge >= 0.3 is 0 Å². The molecule has 24 heavy (non-hydrogen) atoms. The molecule has 2 N–H and O–H groups in total. The third-order valence-electron chi connectivity index (χ3n) is 5.56. The van der Waals surface area contributed by atoms with Gasteiger partial charge < -0.3 is 10.2 Å². The van der Waals surface area contributed by atoms with Gasteiger partial charge in [-0.25, -0.2) is 0 Å². The SMILES string of the molecule is CC1CC[NH+](CCC(=O)Nc2sc3c(c2C#N)CC[C@@H](C)C3)CC1. The summed E-state index contributed by atoms with van der Waals surface area (Å²) in [5.41, 5.74) is 1.90. The number of hydrogen-bond acceptors (Lipinski definition) is 3. The molecule has 0 unspecified atom stereocenters. The summed E-state index contributed by atoms with van der Waals surface area (Å²) in [6.07, 6.45) is 6.25. The molecule has 0 aromatic carbocycles. The van der Waals surface area contributed by atoms with E-state index in [1.165, 1.54) is 36.4 Å². The van der Waals surface area contributed by atoms with Crippen LogP contribution in [0.15, 0.2) is 0 Å². The zero-order chi connectivity index (χ0) is 17.1. The molecule has 1 saturated heterocycles. The third kappa shape index (κ3) is 3.99. The molecule has 1 aliphatic heterocycles. The van der Waals surface area contributed by atoms with Gasteiger partial charge in [0, 0.05) is 4.88 Å². The van der Waals surface area contributed by atoms with Crippen molar-refractivity contribution < 1.29 is 9.69 Å². The topological polar surface area (TPSA) is 57.3 Å². The fraction of sp³-hybridized carbons (Fsp3) is 0.684. The Morgan fingerprint density at radius 3 is 2.75 bits per heavy atom. The van der Waals surface area contributed by atoms with E-state index in [1.807, 2.05) is 0 Å². The van der Waals surface area contributed by atoms with Crippen molar-refractivity contribution in [3.8, 4) is 6.07 Å². The first-order valence-electron chi connectivity index (χ1n) is 9.24. The van der Waals surface area contributed by atoms with Gasteiger partial charge in [-0.2, -0.15) is 5.26 Å². The number of nitrogens with one attached hydrogen (secondary N) is 2.